The van der Waals surface area contributed by atoms with Gasteiger partial charge in [0.25, 0.3) is 0 Å². The van der Waals surface area contributed by atoms with E-state index in [0.29, 0.717) is 17.7 Å². The van der Waals surface area contributed by atoms with Crippen LogP contribution >= 0.6 is 0 Å². The van der Waals surface area contributed by atoms with Gasteiger partial charge >= 0.3 is 5.97 Å². The lowest BCUT2D eigenvalue weighted by atomic mass is 10.1. The van der Waals surface area contributed by atoms with Crippen LogP contribution in [-0.2, 0) is 6.54 Å². The van der Waals surface area contributed by atoms with E-state index in [2.05, 4.69) is 11.1 Å². The molecule has 3 rings (SSSR count). The van der Waals surface area contributed by atoms with Gasteiger partial charge in [-0.2, -0.15) is 5.26 Å². The van der Waals surface area contributed by atoms with Gasteiger partial charge in [-0.15, -0.1) is 0 Å². The molecular weight excluding hydrogens is 320 g/mol. The SMILES string of the molecule is N#Cc1ccc(N(Cc2ccc(O)c(C(=O)O)c2)n2ccnc2)cc1. The fourth-order valence-electron chi connectivity index (χ4n) is 2.43. The minimum absolute atomic E-state index is 0.150. The third-order valence-electron chi connectivity index (χ3n) is 3.69. The number of hydrogen-bond acceptors (Lipinski definition) is 5. The van der Waals surface area contributed by atoms with Crippen molar-refractivity contribution >= 4 is 11.7 Å². The molecule has 0 aliphatic heterocycles. The topological polar surface area (TPSA) is 102 Å². The monoisotopic (exact) mass is 334 g/mol. The maximum Gasteiger partial charge on any atom is 0.339 e. The largest absolute Gasteiger partial charge is 0.507 e. The molecular formula is C18H14N4O3. The first-order valence-electron chi connectivity index (χ1n) is 7.39. The van der Waals surface area contributed by atoms with Crippen molar-refractivity contribution in [3.05, 3.63) is 77.9 Å². The molecule has 1 heterocycles. The zero-order chi connectivity index (χ0) is 17.8. The summed E-state index contributed by atoms with van der Waals surface area (Å²) < 4.78 is 1.76. The van der Waals surface area contributed by atoms with Gasteiger partial charge in [-0.1, -0.05) is 6.07 Å². The molecule has 2 aromatic carbocycles. The summed E-state index contributed by atoms with van der Waals surface area (Å²) >= 11 is 0. The Labute approximate surface area is 143 Å². The Hall–Kier alpha value is -3.79. The summed E-state index contributed by atoms with van der Waals surface area (Å²) in [6.45, 7) is 0.350. The number of rotatable bonds is 5. The minimum atomic E-state index is -1.19. The van der Waals surface area contributed by atoms with Crippen LogP contribution in [0.4, 0.5) is 5.69 Å². The highest BCUT2D eigenvalue weighted by atomic mass is 16.4. The van der Waals surface area contributed by atoms with E-state index >= 15 is 0 Å². The average molecular weight is 334 g/mol. The Balaban J connectivity index is 1.97. The molecule has 0 atom stereocenters. The molecule has 3 aromatic rings. The molecule has 0 bridgehead atoms. The van der Waals surface area contributed by atoms with Gasteiger partial charge < -0.3 is 10.2 Å². The number of carbonyl (C=O) groups is 1. The van der Waals surface area contributed by atoms with Crippen molar-refractivity contribution in [2.75, 3.05) is 5.01 Å². The normalized spacial score (nSPS) is 10.2. The Bertz CT molecular complexity index is 928. The van der Waals surface area contributed by atoms with Gasteiger partial charge in [0.15, 0.2) is 0 Å². The molecule has 0 amide bonds. The fourth-order valence-corrected chi connectivity index (χ4v) is 2.43. The average Bonchev–Trinajstić information content (AvgIpc) is 3.15. The van der Waals surface area contributed by atoms with Crippen LogP contribution in [0.2, 0.25) is 0 Å². The third-order valence-corrected chi connectivity index (χ3v) is 3.69. The van der Waals surface area contributed by atoms with Gasteiger partial charge in [-0.05, 0) is 42.0 Å². The smallest absolute Gasteiger partial charge is 0.339 e. The van der Waals surface area contributed by atoms with Crippen LogP contribution in [-0.4, -0.2) is 25.8 Å². The van der Waals surface area contributed by atoms with Crippen molar-refractivity contribution in [2.45, 2.75) is 6.54 Å². The van der Waals surface area contributed by atoms with Crippen LogP contribution in [0.1, 0.15) is 21.5 Å². The highest BCUT2D eigenvalue weighted by Gasteiger charge is 2.14. The van der Waals surface area contributed by atoms with Crippen molar-refractivity contribution < 1.29 is 15.0 Å². The lowest BCUT2D eigenvalue weighted by Gasteiger charge is -2.26. The summed E-state index contributed by atoms with van der Waals surface area (Å²) in [5, 5.41) is 29.6. The Morgan fingerprint density at radius 3 is 2.60 bits per heavy atom. The van der Waals surface area contributed by atoms with Gasteiger partial charge in [-0.3, -0.25) is 5.01 Å². The molecule has 0 saturated carbocycles. The van der Waals surface area contributed by atoms with Gasteiger partial charge in [0, 0.05) is 12.4 Å². The second kappa shape index (κ2) is 6.76. The number of aromatic hydroxyl groups is 1. The molecule has 0 unspecified atom stereocenters. The lowest BCUT2D eigenvalue weighted by Crippen LogP contribution is -2.27. The van der Waals surface area contributed by atoms with Gasteiger partial charge in [0.05, 0.1) is 23.9 Å². The molecule has 2 N–H and O–H groups in total. The first kappa shape index (κ1) is 16.1. The number of imidazole rings is 1. The standard InChI is InChI=1S/C18H14N4O3/c19-10-13-1-4-15(5-2-13)22(21-8-7-20-12-21)11-14-3-6-17(23)16(9-14)18(24)25/h1-9,12,23H,11H2,(H,24,25). The van der Waals surface area contributed by atoms with Crippen molar-refractivity contribution in [2.24, 2.45) is 0 Å². The van der Waals surface area contributed by atoms with E-state index in [1.54, 1.807) is 53.7 Å². The number of benzene rings is 2. The highest BCUT2D eigenvalue weighted by molar-refractivity contribution is 5.90. The predicted molar refractivity (Wildman–Crippen MR) is 90.0 cm³/mol. The second-order valence-electron chi connectivity index (χ2n) is 5.32. The number of carboxylic acid groups (broad SMARTS) is 1. The Kier molecular flexibility index (Phi) is 4.35. The molecule has 7 nitrogen and oxygen atoms in total. The zero-order valence-electron chi connectivity index (χ0n) is 13.1. The summed E-state index contributed by atoms with van der Waals surface area (Å²) in [7, 11) is 0. The number of phenols is 1. The molecule has 7 heteroatoms. The van der Waals surface area contributed by atoms with E-state index < -0.39 is 5.97 Å². The molecule has 0 saturated heterocycles. The van der Waals surface area contributed by atoms with Gasteiger partial charge in [-0.25, -0.2) is 14.5 Å². The summed E-state index contributed by atoms with van der Waals surface area (Å²) in [4.78, 5) is 15.2. The van der Waals surface area contributed by atoms with E-state index in [9.17, 15) is 9.90 Å². The third kappa shape index (κ3) is 3.43. The predicted octanol–water partition coefficient (Wildman–Crippen LogP) is 2.63. The van der Waals surface area contributed by atoms with E-state index in [-0.39, 0.29) is 11.3 Å². The number of hydrogen-bond donors (Lipinski definition) is 2. The van der Waals surface area contributed by atoms with Crippen molar-refractivity contribution in [1.29, 1.82) is 5.26 Å². The van der Waals surface area contributed by atoms with Crippen molar-refractivity contribution in [1.82, 2.24) is 9.66 Å². The summed E-state index contributed by atoms with van der Waals surface area (Å²) in [5.74, 6) is -1.46. The molecule has 0 aliphatic carbocycles. The van der Waals surface area contributed by atoms with E-state index in [1.165, 1.54) is 12.1 Å². The lowest BCUT2D eigenvalue weighted by molar-refractivity contribution is 0.0693. The maximum atomic E-state index is 11.2. The van der Waals surface area contributed by atoms with Gasteiger partial charge in [0.1, 0.15) is 17.6 Å². The van der Waals surface area contributed by atoms with Gasteiger partial charge in [0.2, 0.25) is 0 Å². The van der Waals surface area contributed by atoms with Crippen LogP contribution in [0, 0.1) is 11.3 Å². The summed E-state index contributed by atoms with van der Waals surface area (Å²) in [6, 6.07) is 13.6. The second-order valence-corrected chi connectivity index (χ2v) is 5.32. The summed E-state index contributed by atoms with van der Waals surface area (Å²) in [6.07, 6.45) is 5.02. The minimum Gasteiger partial charge on any atom is -0.507 e. The number of anilines is 1. The number of aromatic nitrogens is 2. The Morgan fingerprint density at radius 2 is 2.00 bits per heavy atom. The molecule has 25 heavy (non-hydrogen) atoms. The molecule has 0 spiro atoms. The van der Waals surface area contributed by atoms with Crippen LogP contribution in [0.15, 0.2) is 61.2 Å². The summed E-state index contributed by atoms with van der Waals surface area (Å²) in [5.41, 5.74) is 1.91. The van der Waals surface area contributed by atoms with Crippen molar-refractivity contribution in [3.8, 4) is 11.8 Å². The quantitative estimate of drug-likeness (QED) is 0.743. The van der Waals surface area contributed by atoms with E-state index in [0.717, 1.165) is 5.69 Å². The zero-order valence-corrected chi connectivity index (χ0v) is 13.1. The van der Waals surface area contributed by atoms with Crippen LogP contribution in [0.3, 0.4) is 0 Å². The van der Waals surface area contributed by atoms with Crippen molar-refractivity contribution in [3.63, 3.8) is 0 Å². The first-order valence-corrected chi connectivity index (χ1v) is 7.39. The molecule has 0 fully saturated rings. The number of nitrogens with zero attached hydrogens (tertiary/aromatic N) is 4. The van der Waals surface area contributed by atoms with Crippen LogP contribution in [0.25, 0.3) is 0 Å². The fraction of sp³-hybridized carbons (Fsp3) is 0.0556. The molecule has 0 radical (unpaired) electrons. The molecule has 1 aromatic heterocycles. The highest BCUT2D eigenvalue weighted by Crippen LogP contribution is 2.23. The van der Waals surface area contributed by atoms with Crippen LogP contribution in [0.5, 0.6) is 5.75 Å². The molecule has 124 valence electrons. The molecule has 0 aliphatic rings. The number of nitriles is 1. The maximum absolute atomic E-state index is 11.2. The van der Waals surface area contributed by atoms with Crippen LogP contribution < -0.4 is 5.01 Å². The number of carboxylic acids is 1. The van der Waals surface area contributed by atoms with E-state index in [1.807, 2.05) is 5.01 Å². The Morgan fingerprint density at radius 1 is 1.24 bits per heavy atom. The van der Waals surface area contributed by atoms with E-state index in [4.69, 9.17) is 10.4 Å². The first-order chi connectivity index (χ1) is 12.1. The number of aromatic carboxylic acids is 1.